The Hall–Kier alpha value is -0.0900. The van der Waals surface area contributed by atoms with Crippen LogP contribution in [0.15, 0.2) is 0 Å². The molecule has 0 bridgehead atoms. The molecule has 1 aliphatic rings. The highest BCUT2D eigenvalue weighted by Crippen LogP contribution is 2.31. The third-order valence-electron chi connectivity index (χ3n) is 4.53. The summed E-state index contributed by atoms with van der Waals surface area (Å²) in [6, 6.07) is 0. The summed E-state index contributed by atoms with van der Waals surface area (Å²) in [4.78, 5) is 0. The first-order valence-electron chi connectivity index (χ1n) is 8.69. The molecule has 0 aromatic rings. The summed E-state index contributed by atoms with van der Waals surface area (Å²) in [5, 5.41) is 3.62. The van der Waals surface area contributed by atoms with E-state index in [4.69, 9.17) is 0 Å². The molecule has 21 heavy (non-hydrogen) atoms. The van der Waals surface area contributed by atoms with Gasteiger partial charge in [-0.2, -0.15) is 0 Å². The Morgan fingerprint density at radius 1 is 1.00 bits per heavy atom. The molecule has 1 saturated carbocycles. The highest BCUT2D eigenvalue weighted by molar-refractivity contribution is 7.91. The predicted octanol–water partition coefficient (Wildman–Crippen LogP) is 3.79. The average molecular weight is 318 g/mol. The molecule has 3 nitrogen and oxygen atoms in total. The molecule has 126 valence electrons. The molecular weight excluding hydrogens is 282 g/mol. The van der Waals surface area contributed by atoms with Crippen molar-refractivity contribution in [1.29, 1.82) is 0 Å². The molecule has 0 aromatic heterocycles. The van der Waals surface area contributed by atoms with E-state index in [-0.39, 0.29) is 5.54 Å². The van der Waals surface area contributed by atoms with Crippen molar-refractivity contribution < 1.29 is 8.42 Å². The molecule has 0 spiro atoms. The van der Waals surface area contributed by atoms with Gasteiger partial charge < -0.3 is 5.32 Å². The molecule has 1 fully saturated rings. The molecule has 4 heteroatoms. The van der Waals surface area contributed by atoms with Crippen LogP contribution in [0, 0.1) is 11.8 Å². The fourth-order valence-corrected chi connectivity index (χ4v) is 4.78. The zero-order valence-corrected chi connectivity index (χ0v) is 15.3. The van der Waals surface area contributed by atoms with Gasteiger partial charge in [0.1, 0.15) is 9.84 Å². The number of rotatable bonds is 7. The van der Waals surface area contributed by atoms with Gasteiger partial charge in [-0.1, -0.05) is 32.6 Å². The van der Waals surface area contributed by atoms with Crippen LogP contribution in [0.5, 0.6) is 0 Å². The first-order chi connectivity index (χ1) is 9.73. The van der Waals surface area contributed by atoms with Gasteiger partial charge in [0.15, 0.2) is 0 Å². The Balaban J connectivity index is 2.56. The van der Waals surface area contributed by atoms with Gasteiger partial charge in [0.05, 0.1) is 5.75 Å². The van der Waals surface area contributed by atoms with Crippen molar-refractivity contribution in [1.82, 2.24) is 5.32 Å². The maximum absolute atomic E-state index is 12.0. The van der Waals surface area contributed by atoms with Crippen LogP contribution < -0.4 is 5.32 Å². The Morgan fingerprint density at radius 2 is 1.62 bits per heavy atom. The predicted molar refractivity (Wildman–Crippen MR) is 91.4 cm³/mol. The summed E-state index contributed by atoms with van der Waals surface area (Å²) >= 11 is 0. The van der Waals surface area contributed by atoms with Crippen molar-refractivity contribution in [2.24, 2.45) is 11.8 Å². The first-order valence-corrected chi connectivity index (χ1v) is 10.5. The zero-order valence-electron chi connectivity index (χ0n) is 14.5. The Kier molecular flexibility index (Phi) is 7.69. The second-order valence-corrected chi connectivity index (χ2v) is 10.0. The van der Waals surface area contributed by atoms with E-state index >= 15 is 0 Å². The molecule has 0 aromatic carbocycles. The van der Waals surface area contributed by atoms with Gasteiger partial charge in [0.2, 0.25) is 0 Å². The lowest BCUT2D eigenvalue weighted by Gasteiger charge is -2.29. The van der Waals surface area contributed by atoms with Crippen LogP contribution >= 0.6 is 0 Å². The topological polar surface area (TPSA) is 46.2 Å². The van der Waals surface area contributed by atoms with Gasteiger partial charge in [-0.25, -0.2) is 8.42 Å². The number of sulfone groups is 1. The lowest BCUT2D eigenvalue weighted by molar-refractivity contribution is 0.266. The smallest absolute Gasteiger partial charge is 0.150 e. The van der Waals surface area contributed by atoms with Crippen LogP contribution in [0.1, 0.15) is 72.6 Å². The van der Waals surface area contributed by atoms with E-state index in [0.29, 0.717) is 23.3 Å². The third-order valence-corrected chi connectivity index (χ3v) is 6.41. The normalized spacial score (nSPS) is 24.8. The Bertz CT molecular complexity index is 384. The van der Waals surface area contributed by atoms with Crippen LogP contribution in [0.25, 0.3) is 0 Å². The molecule has 0 amide bonds. The van der Waals surface area contributed by atoms with Crippen LogP contribution in [0.4, 0.5) is 0 Å². The van der Waals surface area contributed by atoms with Gasteiger partial charge in [-0.05, 0) is 58.4 Å². The van der Waals surface area contributed by atoms with E-state index in [1.807, 2.05) is 6.92 Å². The minimum Gasteiger partial charge on any atom is -0.312 e. The van der Waals surface area contributed by atoms with Crippen molar-refractivity contribution in [3.05, 3.63) is 0 Å². The second kappa shape index (κ2) is 8.52. The number of hydrogen-bond donors (Lipinski definition) is 1. The van der Waals surface area contributed by atoms with Crippen LogP contribution in [0.2, 0.25) is 0 Å². The minimum atomic E-state index is -2.83. The minimum absolute atomic E-state index is 0.144. The Labute approximate surface area is 132 Å². The number of nitrogens with one attached hydrogen (secondary N) is 1. The first kappa shape index (κ1) is 19.0. The molecule has 0 aliphatic heterocycles. The van der Waals surface area contributed by atoms with Crippen LogP contribution in [-0.2, 0) is 9.84 Å². The molecule has 1 aliphatic carbocycles. The van der Waals surface area contributed by atoms with Crippen molar-refractivity contribution in [3.63, 3.8) is 0 Å². The molecule has 1 rings (SSSR count). The second-order valence-electron chi connectivity index (χ2n) is 7.73. The summed E-state index contributed by atoms with van der Waals surface area (Å²) in [5.41, 5.74) is 0.144. The summed E-state index contributed by atoms with van der Waals surface area (Å²) in [7, 11) is -2.83. The van der Waals surface area contributed by atoms with Crippen LogP contribution in [-0.4, -0.2) is 32.0 Å². The molecule has 0 radical (unpaired) electrons. The van der Waals surface area contributed by atoms with E-state index in [1.54, 1.807) is 0 Å². The maximum atomic E-state index is 12.0. The zero-order chi connectivity index (χ0) is 15.9. The summed E-state index contributed by atoms with van der Waals surface area (Å²) in [6.07, 6.45) is 7.93. The molecule has 0 saturated heterocycles. The average Bonchev–Trinajstić information content (AvgIpc) is 2.58. The summed E-state index contributed by atoms with van der Waals surface area (Å²) < 4.78 is 23.9. The van der Waals surface area contributed by atoms with Crippen LogP contribution in [0.3, 0.4) is 0 Å². The van der Waals surface area contributed by atoms with E-state index in [9.17, 15) is 8.42 Å². The Morgan fingerprint density at radius 3 is 2.19 bits per heavy atom. The van der Waals surface area contributed by atoms with Gasteiger partial charge in [0.25, 0.3) is 0 Å². The molecule has 2 atom stereocenters. The largest absolute Gasteiger partial charge is 0.312 e. The van der Waals surface area contributed by atoms with Gasteiger partial charge in [0, 0.05) is 11.3 Å². The highest BCUT2D eigenvalue weighted by atomic mass is 32.2. The maximum Gasteiger partial charge on any atom is 0.150 e. The molecule has 1 N–H and O–H groups in total. The number of hydrogen-bond acceptors (Lipinski definition) is 3. The quantitative estimate of drug-likeness (QED) is 0.727. The van der Waals surface area contributed by atoms with Gasteiger partial charge in [-0.15, -0.1) is 0 Å². The van der Waals surface area contributed by atoms with E-state index in [2.05, 4.69) is 26.1 Å². The monoisotopic (exact) mass is 317 g/mol. The van der Waals surface area contributed by atoms with Gasteiger partial charge in [-0.3, -0.25) is 0 Å². The standard InChI is InChI=1S/C17H35NO2S/c1-5-12-21(19,20)13-11-15-9-7-6-8-10-16(15)14-18-17(2,3)4/h15-16,18H,5-14H2,1-4H3. The summed E-state index contributed by atoms with van der Waals surface area (Å²) in [5.74, 6) is 1.96. The fourth-order valence-electron chi connectivity index (χ4n) is 3.29. The van der Waals surface area contributed by atoms with E-state index < -0.39 is 9.84 Å². The highest BCUT2D eigenvalue weighted by Gasteiger charge is 2.26. The molecular formula is C17H35NO2S. The molecule has 0 heterocycles. The van der Waals surface area contributed by atoms with Gasteiger partial charge >= 0.3 is 0 Å². The van der Waals surface area contributed by atoms with Crippen molar-refractivity contribution >= 4 is 9.84 Å². The van der Waals surface area contributed by atoms with E-state index in [0.717, 1.165) is 19.4 Å². The fraction of sp³-hybridized carbons (Fsp3) is 1.00. The SMILES string of the molecule is CCCS(=O)(=O)CCC1CCCCCC1CNC(C)(C)C. The lowest BCUT2D eigenvalue weighted by atomic mass is 9.85. The van der Waals surface area contributed by atoms with E-state index in [1.165, 1.54) is 32.1 Å². The van der Waals surface area contributed by atoms with Crippen molar-refractivity contribution in [3.8, 4) is 0 Å². The third kappa shape index (κ3) is 8.20. The lowest BCUT2D eigenvalue weighted by Crippen LogP contribution is -2.40. The summed E-state index contributed by atoms with van der Waals surface area (Å²) in [6.45, 7) is 9.57. The van der Waals surface area contributed by atoms with Crippen molar-refractivity contribution in [2.45, 2.75) is 78.2 Å². The molecule has 2 unspecified atom stereocenters. The van der Waals surface area contributed by atoms with Crippen molar-refractivity contribution in [2.75, 3.05) is 18.1 Å².